The van der Waals surface area contributed by atoms with Crippen molar-refractivity contribution in [1.29, 1.82) is 0 Å². The molecule has 0 atom stereocenters. The fraction of sp³-hybridized carbons (Fsp3) is 0.423. The zero-order valence-electron chi connectivity index (χ0n) is 19.0. The van der Waals surface area contributed by atoms with Gasteiger partial charge >= 0.3 is 12.1 Å². The van der Waals surface area contributed by atoms with Crippen molar-refractivity contribution in [2.75, 3.05) is 6.61 Å². The third kappa shape index (κ3) is 4.72. The Labute approximate surface area is 193 Å². The van der Waals surface area contributed by atoms with E-state index in [0.717, 1.165) is 35.1 Å². The number of nitrogens with one attached hydrogen (secondary N) is 2. The molecule has 0 unspecified atom stereocenters. The van der Waals surface area contributed by atoms with Crippen LogP contribution >= 0.6 is 0 Å². The summed E-state index contributed by atoms with van der Waals surface area (Å²) in [6.07, 6.45) is 1.74. The molecule has 1 saturated carbocycles. The maximum absolute atomic E-state index is 12.6. The molecule has 4 rings (SSSR count). The fourth-order valence-corrected chi connectivity index (χ4v) is 5.04. The van der Waals surface area contributed by atoms with E-state index >= 15 is 0 Å². The lowest BCUT2D eigenvalue weighted by Crippen LogP contribution is -2.55. The minimum atomic E-state index is -1.20. The van der Waals surface area contributed by atoms with E-state index in [1.54, 1.807) is 13.8 Å². The van der Waals surface area contributed by atoms with Crippen LogP contribution in [0.15, 0.2) is 48.5 Å². The van der Waals surface area contributed by atoms with E-state index in [-0.39, 0.29) is 18.9 Å². The highest BCUT2D eigenvalue weighted by Crippen LogP contribution is 2.44. The predicted molar refractivity (Wildman–Crippen MR) is 124 cm³/mol. The number of rotatable bonds is 7. The van der Waals surface area contributed by atoms with Crippen LogP contribution in [0.2, 0.25) is 0 Å². The fourth-order valence-electron chi connectivity index (χ4n) is 5.04. The molecular weight excluding hydrogens is 420 g/mol. The number of aliphatic carboxylic acids is 1. The SMILES string of the molecule is CC(C)(CC(=O)NC1(C(=O)O)CCCC1)NC(=O)OCC1c2ccccc2-c2ccccc21. The molecule has 2 amide bonds. The zero-order chi connectivity index (χ0) is 23.6. The lowest BCUT2D eigenvalue weighted by Gasteiger charge is -2.29. The quantitative estimate of drug-likeness (QED) is 0.586. The second-order valence-electron chi connectivity index (χ2n) is 9.65. The molecule has 0 aliphatic heterocycles. The second-order valence-corrected chi connectivity index (χ2v) is 9.65. The predicted octanol–water partition coefficient (Wildman–Crippen LogP) is 4.21. The summed E-state index contributed by atoms with van der Waals surface area (Å²) >= 11 is 0. The van der Waals surface area contributed by atoms with Crippen molar-refractivity contribution < 1.29 is 24.2 Å². The highest BCUT2D eigenvalue weighted by atomic mass is 16.5. The van der Waals surface area contributed by atoms with Gasteiger partial charge in [-0.25, -0.2) is 9.59 Å². The van der Waals surface area contributed by atoms with E-state index in [1.807, 2.05) is 24.3 Å². The highest BCUT2D eigenvalue weighted by Gasteiger charge is 2.43. The normalized spacial score (nSPS) is 16.5. The summed E-state index contributed by atoms with van der Waals surface area (Å²) in [7, 11) is 0. The van der Waals surface area contributed by atoms with Gasteiger partial charge in [0, 0.05) is 17.9 Å². The number of alkyl carbamates (subject to hydrolysis) is 1. The first-order valence-electron chi connectivity index (χ1n) is 11.4. The summed E-state index contributed by atoms with van der Waals surface area (Å²) in [4.78, 5) is 36.8. The second kappa shape index (κ2) is 8.89. The van der Waals surface area contributed by atoms with Crippen molar-refractivity contribution in [3.63, 3.8) is 0 Å². The Morgan fingerprint density at radius 3 is 2.09 bits per heavy atom. The van der Waals surface area contributed by atoms with Crippen LogP contribution in [-0.4, -0.2) is 40.8 Å². The van der Waals surface area contributed by atoms with E-state index in [4.69, 9.17) is 4.74 Å². The zero-order valence-corrected chi connectivity index (χ0v) is 19.0. The van der Waals surface area contributed by atoms with Gasteiger partial charge in [0.05, 0.1) is 0 Å². The van der Waals surface area contributed by atoms with Gasteiger partial charge in [-0.2, -0.15) is 0 Å². The molecule has 0 heterocycles. The number of ether oxygens (including phenoxy) is 1. The van der Waals surface area contributed by atoms with Crippen LogP contribution in [0.5, 0.6) is 0 Å². The molecule has 0 spiro atoms. The average molecular weight is 451 g/mol. The molecule has 0 saturated heterocycles. The maximum Gasteiger partial charge on any atom is 0.407 e. The van der Waals surface area contributed by atoms with Gasteiger partial charge in [-0.15, -0.1) is 0 Å². The van der Waals surface area contributed by atoms with Crippen LogP contribution in [0.1, 0.15) is 63.0 Å². The largest absolute Gasteiger partial charge is 0.480 e. The molecule has 33 heavy (non-hydrogen) atoms. The number of carbonyl (C=O) groups excluding carboxylic acids is 2. The van der Waals surface area contributed by atoms with Crippen LogP contribution in [0.3, 0.4) is 0 Å². The van der Waals surface area contributed by atoms with Gasteiger partial charge in [-0.1, -0.05) is 61.4 Å². The van der Waals surface area contributed by atoms with Crippen molar-refractivity contribution in [3.8, 4) is 11.1 Å². The molecule has 1 fully saturated rings. The summed E-state index contributed by atoms with van der Waals surface area (Å²) < 4.78 is 5.57. The smallest absolute Gasteiger partial charge is 0.407 e. The lowest BCUT2D eigenvalue weighted by molar-refractivity contribution is -0.147. The maximum atomic E-state index is 12.6. The van der Waals surface area contributed by atoms with Crippen LogP contribution in [-0.2, 0) is 14.3 Å². The standard InChI is InChI=1S/C26H30N2O5/c1-25(2,15-22(29)27-26(23(30)31)13-7-8-14-26)28-24(32)33-16-21-19-11-5-3-9-17(19)18-10-4-6-12-20(18)21/h3-6,9-12,21H,7-8,13-16H2,1-2H3,(H,27,29)(H,28,32)(H,30,31). The Morgan fingerprint density at radius 1 is 1.00 bits per heavy atom. The van der Waals surface area contributed by atoms with Crippen LogP contribution in [0.4, 0.5) is 4.79 Å². The van der Waals surface area contributed by atoms with Crippen molar-refractivity contribution in [1.82, 2.24) is 10.6 Å². The Morgan fingerprint density at radius 2 is 1.55 bits per heavy atom. The van der Waals surface area contributed by atoms with Crippen LogP contribution in [0.25, 0.3) is 11.1 Å². The average Bonchev–Trinajstić information content (AvgIpc) is 3.35. The van der Waals surface area contributed by atoms with E-state index in [1.165, 1.54) is 0 Å². The first-order valence-corrected chi connectivity index (χ1v) is 11.4. The lowest BCUT2D eigenvalue weighted by atomic mass is 9.95. The van der Waals surface area contributed by atoms with Crippen LogP contribution in [0, 0.1) is 0 Å². The number of fused-ring (bicyclic) bond motifs is 3. The molecule has 174 valence electrons. The minimum absolute atomic E-state index is 0.0487. The molecule has 7 heteroatoms. The van der Waals surface area contributed by atoms with Gasteiger partial charge in [0.15, 0.2) is 0 Å². The van der Waals surface area contributed by atoms with E-state index in [0.29, 0.717) is 12.8 Å². The monoisotopic (exact) mass is 450 g/mol. The van der Waals surface area contributed by atoms with Gasteiger partial charge < -0.3 is 20.5 Å². The molecule has 0 bridgehead atoms. The minimum Gasteiger partial charge on any atom is -0.480 e. The van der Waals surface area contributed by atoms with Crippen LogP contribution < -0.4 is 10.6 Å². The highest BCUT2D eigenvalue weighted by molar-refractivity contribution is 5.88. The number of hydrogen-bond acceptors (Lipinski definition) is 4. The number of amides is 2. The summed E-state index contributed by atoms with van der Waals surface area (Å²) in [6, 6.07) is 16.2. The molecule has 7 nitrogen and oxygen atoms in total. The number of carboxylic acids is 1. The molecule has 2 aliphatic rings. The number of benzene rings is 2. The Balaban J connectivity index is 1.35. The summed E-state index contributed by atoms with van der Waals surface area (Å²) in [5, 5.41) is 15.0. The van der Waals surface area contributed by atoms with Gasteiger partial charge in [0.2, 0.25) is 5.91 Å². The van der Waals surface area contributed by atoms with E-state index in [2.05, 4.69) is 34.9 Å². The van der Waals surface area contributed by atoms with Gasteiger partial charge in [0.25, 0.3) is 0 Å². The van der Waals surface area contributed by atoms with E-state index < -0.39 is 29.0 Å². The van der Waals surface area contributed by atoms with Crippen molar-refractivity contribution in [2.24, 2.45) is 0 Å². The third-order valence-electron chi connectivity index (χ3n) is 6.63. The van der Waals surface area contributed by atoms with Crippen molar-refractivity contribution in [2.45, 2.75) is 62.9 Å². The molecule has 0 aromatic heterocycles. The first-order chi connectivity index (χ1) is 15.7. The van der Waals surface area contributed by atoms with Gasteiger partial charge in [0.1, 0.15) is 12.1 Å². The molecule has 2 aliphatic carbocycles. The van der Waals surface area contributed by atoms with Gasteiger partial charge in [-0.05, 0) is 48.9 Å². The molecule has 2 aromatic carbocycles. The van der Waals surface area contributed by atoms with Crippen molar-refractivity contribution >= 4 is 18.0 Å². The molecule has 2 aromatic rings. The molecule has 0 radical (unpaired) electrons. The Bertz CT molecular complexity index is 1030. The van der Waals surface area contributed by atoms with Crippen molar-refractivity contribution in [3.05, 3.63) is 59.7 Å². The van der Waals surface area contributed by atoms with E-state index in [9.17, 15) is 19.5 Å². The summed E-state index contributed by atoms with van der Waals surface area (Å²) in [5.74, 6) is -1.45. The summed E-state index contributed by atoms with van der Waals surface area (Å²) in [6.45, 7) is 3.62. The molecule has 3 N–H and O–H groups in total. The topological polar surface area (TPSA) is 105 Å². The molecular formula is C26H30N2O5. The summed E-state index contributed by atoms with van der Waals surface area (Å²) in [5.41, 5.74) is 2.46. The number of carbonyl (C=O) groups is 3. The number of hydrogen-bond donors (Lipinski definition) is 3. The van der Waals surface area contributed by atoms with Gasteiger partial charge in [-0.3, -0.25) is 4.79 Å². The Kier molecular flexibility index (Phi) is 6.15. The number of carboxylic acid groups (broad SMARTS) is 1. The first kappa shape index (κ1) is 22.8. The third-order valence-corrected chi connectivity index (χ3v) is 6.63. The Hall–Kier alpha value is -3.35.